The molecule has 1 aliphatic heterocycles. The number of nitrogens with zero attached hydrogens (tertiary/aromatic N) is 1. The van der Waals surface area contributed by atoms with Crippen LogP contribution in [0.5, 0.6) is 0 Å². The highest BCUT2D eigenvalue weighted by molar-refractivity contribution is 7.10. The molecule has 4 rings (SSSR count). The summed E-state index contributed by atoms with van der Waals surface area (Å²) in [6.45, 7) is 2.64. The molecule has 120 valence electrons. The Kier molecular flexibility index (Phi) is 3.62. The van der Waals surface area contributed by atoms with Gasteiger partial charge in [-0.1, -0.05) is 48.5 Å². The maximum Gasteiger partial charge on any atom is 0.258 e. The molecule has 4 heteroatoms. The maximum atomic E-state index is 13.2. The Morgan fingerprint density at radius 2 is 1.75 bits per heavy atom. The van der Waals surface area contributed by atoms with Crippen molar-refractivity contribution in [2.24, 2.45) is 0 Å². The van der Waals surface area contributed by atoms with Crippen molar-refractivity contribution in [3.05, 3.63) is 88.1 Å². The lowest BCUT2D eigenvalue weighted by Crippen LogP contribution is -2.54. The normalized spacial score (nSPS) is 19.7. The Morgan fingerprint density at radius 1 is 1.00 bits per heavy atom. The first-order valence-corrected chi connectivity index (χ1v) is 8.83. The number of carbonyl (C=O) groups is 1. The lowest BCUT2D eigenvalue weighted by Gasteiger charge is -2.46. The van der Waals surface area contributed by atoms with Crippen LogP contribution in [0.4, 0.5) is 5.69 Å². The van der Waals surface area contributed by atoms with E-state index in [-0.39, 0.29) is 5.91 Å². The van der Waals surface area contributed by atoms with Gasteiger partial charge in [-0.05, 0) is 36.1 Å². The zero-order chi connectivity index (χ0) is 16.6. The minimum absolute atomic E-state index is 0.0594. The van der Waals surface area contributed by atoms with Crippen LogP contribution in [0.1, 0.15) is 27.7 Å². The van der Waals surface area contributed by atoms with Crippen molar-refractivity contribution >= 4 is 22.9 Å². The SMILES string of the molecule is CC1(c2cccs2)Nc2ccccc2C(=O)N1Cc1ccccc1. The van der Waals surface area contributed by atoms with Gasteiger partial charge in [0, 0.05) is 12.2 Å². The second kappa shape index (κ2) is 5.80. The molecule has 1 aromatic heterocycles. The quantitative estimate of drug-likeness (QED) is 0.754. The lowest BCUT2D eigenvalue weighted by atomic mass is 9.98. The summed E-state index contributed by atoms with van der Waals surface area (Å²) >= 11 is 1.66. The molecule has 0 aliphatic carbocycles. The van der Waals surface area contributed by atoms with E-state index in [1.54, 1.807) is 11.3 Å². The Bertz CT molecular complexity index is 860. The van der Waals surface area contributed by atoms with Gasteiger partial charge in [-0.15, -0.1) is 11.3 Å². The lowest BCUT2D eigenvalue weighted by molar-refractivity contribution is 0.0516. The number of hydrogen-bond acceptors (Lipinski definition) is 3. The molecule has 1 amide bonds. The van der Waals surface area contributed by atoms with Gasteiger partial charge in [-0.3, -0.25) is 4.79 Å². The standard InChI is InChI=1S/C20H18N2OS/c1-20(18-12-7-13-24-18)21-17-11-6-5-10-16(17)19(23)22(20)14-15-8-3-2-4-9-15/h2-13,21H,14H2,1H3. The predicted molar refractivity (Wildman–Crippen MR) is 98.1 cm³/mol. The summed E-state index contributed by atoms with van der Waals surface area (Å²) in [7, 11) is 0. The average Bonchev–Trinajstić information content (AvgIpc) is 3.15. The van der Waals surface area contributed by atoms with E-state index < -0.39 is 5.66 Å². The third kappa shape index (κ3) is 2.39. The van der Waals surface area contributed by atoms with Crippen molar-refractivity contribution < 1.29 is 4.79 Å². The van der Waals surface area contributed by atoms with Gasteiger partial charge in [-0.2, -0.15) is 0 Å². The number of carbonyl (C=O) groups excluding carboxylic acids is 1. The minimum atomic E-state index is -0.560. The first kappa shape index (κ1) is 15.0. The van der Waals surface area contributed by atoms with Crippen molar-refractivity contribution in [2.45, 2.75) is 19.1 Å². The molecule has 1 N–H and O–H groups in total. The predicted octanol–water partition coefficient (Wildman–Crippen LogP) is 4.69. The monoisotopic (exact) mass is 334 g/mol. The average molecular weight is 334 g/mol. The summed E-state index contributed by atoms with van der Waals surface area (Å²) in [6.07, 6.45) is 0. The molecule has 24 heavy (non-hydrogen) atoms. The van der Waals surface area contributed by atoms with E-state index >= 15 is 0 Å². The molecule has 3 nitrogen and oxygen atoms in total. The highest BCUT2D eigenvalue weighted by atomic mass is 32.1. The minimum Gasteiger partial charge on any atom is -0.358 e. The summed E-state index contributed by atoms with van der Waals surface area (Å²) in [5.41, 5.74) is 2.18. The number of fused-ring (bicyclic) bond motifs is 1. The summed E-state index contributed by atoms with van der Waals surface area (Å²) < 4.78 is 0. The number of thiophene rings is 1. The summed E-state index contributed by atoms with van der Waals surface area (Å²) in [6, 6.07) is 22.0. The topological polar surface area (TPSA) is 32.3 Å². The fourth-order valence-electron chi connectivity index (χ4n) is 3.20. The van der Waals surface area contributed by atoms with Crippen molar-refractivity contribution in [1.29, 1.82) is 0 Å². The summed E-state index contributed by atoms with van der Waals surface area (Å²) in [5.74, 6) is 0.0594. The van der Waals surface area contributed by atoms with E-state index in [1.165, 1.54) is 0 Å². The van der Waals surface area contributed by atoms with Crippen molar-refractivity contribution in [2.75, 3.05) is 5.32 Å². The smallest absolute Gasteiger partial charge is 0.258 e. The molecule has 0 fully saturated rings. The van der Waals surface area contributed by atoms with Gasteiger partial charge in [0.15, 0.2) is 0 Å². The van der Waals surface area contributed by atoms with Crippen molar-refractivity contribution in [1.82, 2.24) is 4.90 Å². The fraction of sp³-hybridized carbons (Fsp3) is 0.150. The van der Waals surface area contributed by atoms with Gasteiger partial charge >= 0.3 is 0 Å². The van der Waals surface area contributed by atoms with Crippen LogP contribution in [0.15, 0.2) is 72.1 Å². The van der Waals surface area contributed by atoms with Crippen LogP contribution in [0.2, 0.25) is 0 Å². The van der Waals surface area contributed by atoms with Crippen LogP contribution in [0, 0.1) is 0 Å². The van der Waals surface area contributed by atoms with E-state index in [0.717, 1.165) is 21.7 Å². The number of nitrogens with one attached hydrogen (secondary N) is 1. The Balaban J connectivity index is 1.82. The highest BCUT2D eigenvalue weighted by Crippen LogP contribution is 2.40. The molecule has 2 heterocycles. The number of para-hydroxylation sites is 1. The second-order valence-corrected chi connectivity index (χ2v) is 7.04. The Hall–Kier alpha value is -2.59. The van der Waals surface area contributed by atoms with Crippen LogP contribution >= 0.6 is 11.3 Å². The van der Waals surface area contributed by atoms with Gasteiger partial charge in [0.2, 0.25) is 0 Å². The van der Waals surface area contributed by atoms with Crippen LogP contribution in [-0.4, -0.2) is 10.8 Å². The summed E-state index contributed by atoms with van der Waals surface area (Å²) in [4.78, 5) is 16.3. The number of rotatable bonds is 3. The van der Waals surface area contributed by atoms with E-state index in [4.69, 9.17) is 0 Å². The molecule has 0 spiro atoms. The van der Waals surface area contributed by atoms with Crippen LogP contribution < -0.4 is 5.32 Å². The van der Waals surface area contributed by atoms with Crippen LogP contribution in [-0.2, 0) is 12.2 Å². The van der Waals surface area contributed by atoms with E-state index in [2.05, 4.69) is 30.4 Å². The van der Waals surface area contributed by atoms with Crippen molar-refractivity contribution in [3.8, 4) is 0 Å². The molecule has 1 atom stereocenters. The fourth-order valence-corrected chi connectivity index (χ4v) is 4.05. The molecular weight excluding hydrogens is 316 g/mol. The zero-order valence-corrected chi connectivity index (χ0v) is 14.2. The highest BCUT2D eigenvalue weighted by Gasteiger charge is 2.42. The molecule has 0 saturated heterocycles. The molecule has 0 radical (unpaired) electrons. The molecular formula is C20H18N2OS. The number of amides is 1. The van der Waals surface area contributed by atoms with E-state index in [0.29, 0.717) is 6.54 Å². The largest absolute Gasteiger partial charge is 0.358 e. The van der Waals surface area contributed by atoms with Gasteiger partial charge in [0.1, 0.15) is 5.66 Å². The number of anilines is 1. The molecule has 1 unspecified atom stereocenters. The third-order valence-electron chi connectivity index (χ3n) is 4.51. The molecule has 1 aliphatic rings. The molecule has 0 bridgehead atoms. The van der Waals surface area contributed by atoms with Crippen LogP contribution in [0.25, 0.3) is 0 Å². The number of hydrogen-bond donors (Lipinski definition) is 1. The Morgan fingerprint density at radius 3 is 2.50 bits per heavy atom. The van der Waals surface area contributed by atoms with Crippen molar-refractivity contribution in [3.63, 3.8) is 0 Å². The first-order chi connectivity index (χ1) is 11.7. The van der Waals surface area contributed by atoms with Crippen LogP contribution in [0.3, 0.4) is 0 Å². The Labute approximate surface area is 145 Å². The third-order valence-corrected chi connectivity index (χ3v) is 5.59. The van der Waals surface area contributed by atoms with Gasteiger partial charge in [-0.25, -0.2) is 0 Å². The summed E-state index contributed by atoms with van der Waals surface area (Å²) in [5, 5.41) is 5.64. The molecule has 2 aromatic carbocycles. The van der Waals surface area contributed by atoms with E-state index in [9.17, 15) is 4.79 Å². The second-order valence-electron chi connectivity index (χ2n) is 6.10. The van der Waals surface area contributed by atoms with E-state index in [1.807, 2.05) is 58.8 Å². The first-order valence-electron chi connectivity index (χ1n) is 7.95. The zero-order valence-electron chi connectivity index (χ0n) is 13.4. The molecule has 3 aromatic rings. The molecule has 0 saturated carbocycles. The van der Waals surface area contributed by atoms with Gasteiger partial charge in [0.05, 0.1) is 10.4 Å². The van der Waals surface area contributed by atoms with Gasteiger partial charge in [0.25, 0.3) is 5.91 Å². The maximum absolute atomic E-state index is 13.2. The number of benzene rings is 2. The van der Waals surface area contributed by atoms with Gasteiger partial charge < -0.3 is 10.2 Å².